The lowest BCUT2D eigenvalue weighted by atomic mass is 10.1. The highest BCUT2D eigenvalue weighted by molar-refractivity contribution is 6.30. The van der Waals surface area contributed by atoms with Crippen LogP contribution in [0.4, 0.5) is 5.69 Å². The van der Waals surface area contributed by atoms with Gasteiger partial charge in [0.2, 0.25) is 0 Å². The molecule has 3 aromatic carbocycles. The van der Waals surface area contributed by atoms with Crippen LogP contribution in [-0.4, -0.2) is 29.3 Å². The third-order valence-corrected chi connectivity index (χ3v) is 5.09. The second-order valence-corrected chi connectivity index (χ2v) is 7.24. The highest BCUT2D eigenvalue weighted by atomic mass is 35.5. The Hall–Kier alpha value is -3.44. The molecule has 1 heterocycles. The van der Waals surface area contributed by atoms with Crippen LogP contribution in [0.5, 0.6) is 0 Å². The molecular formula is C23H17ClN2O3. The predicted octanol–water partition coefficient (Wildman–Crippen LogP) is 4.55. The van der Waals surface area contributed by atoms with Crippen LogP contribution >= 0.6 is 11.6 Å². The Balaban J connectivity index is 1.70. The van der Waals surface area contributed by atoms with Crippen LogP contribution in [0.15, 0.2) is 72.8 Å². The van der Waals surface area contributed by atoms with E-state index in [4.69, 9.17) is 11.6 Å². The summed E-state index contributed by atoms with van der Waals surface area (Å²) < 4.78 is 0. The Morgan fingerprint density at radius 1 is 0.862 bits per heavy atom. The molecule has 0 fully saturated rings. The molecule has 1 aliphatic rings. The minimum absolute atomic E-state index is 0.184. The molecule has 0 radical (unpaired) electrons. The van der Waals surface area contributed by atoms with Crippen LogP contribution in [0.1, 0.15) is 36.6 Å². The molecule has 3 amide bonds. The first-order valence-electron chi connectivity index (χ1n) is 9.05. The van der Waals surface area contributed by atoms with E-state index >= 15 is 0 Å². The van der Waals surface area contributed by atoms with Crippen molar-refractivity contribution in [2.45, 2.75) is 6.92 Å². The molecule has 0 bridgehead atoms. The van der Waals surface area contributed by atoms with Gasteiger partial charge in [-0.2, -0.15) is 0 Å². The molecule has 1 aliphatic heterocycles. The summed E-state index contributed by atoms with van der Waals surface area (Å²) in [4.78, 5) is 41.3. The van der Waals surface area contributed by atoms with E-state index in [9.17, 15) is 14.4 Å². The summed E-state index contributed by atoms with van der Waals surface area (Å²) in [7, 11) is 0. The number of fused-ring (bicyclic) bond motifs is 1. The van der Waals surface area contributed by atoms with E-state index in [2.05, 4.69) is 0 Å². The van der Waals surface area contributed by atoms with Crippen LogP contribution in [0, 0.1) is 6.92 Å². The monoisotopic (exact) mass is 404 g/mol. The van der Waals surface area contributed by atoms with Crippen LogP contribution in [0.25, 0.3) is 0 Å². The second kappa shape index (κ2) is 7.53. The number of anilines is 1. The first-order chi connectivity index (χ1) is 14.0. The lowest BCUT2D eigenvalue weighted by Gasteiger charge is -2.27. The van der Waals surface area contributed by atoms with E-state index in [0.717, 1.165) is 10.5 Å². The van der Waals surface area contributed by atoms with E-state index < -0.39 is 11.8 Å². The average Bonchev–Trinajstić information content (AvgIpc) is 2.98. The molecule has 0 saturated carbocycles. The molecule has 0 unspecified atom stereocenters. The first-order valence-corrected chi connectivity index (χ1v) is 9.43. The van der Waals surface area contributed by atoms with Crippen molar-refractivity contribution in [1.82, 2.24) is 4.90 Å². The van der Waals surface area contributed by atoms with Crippen LogP contribution in [0.2, 0.25) is 5.02 Å². The maximum Gasteiger partial charge on any atom is 0.263 e. The minimum Gasteiger partial charge on any atom is -0.290 e. The number of carbonyl (C=O) groups is 3. The maximum atomic E-state index is 13.2. The Bertz CT molecular complexity index is 1070. The van der Waals surface area contributed by atoms with Gasteiger partial charge in [0.05, 0.1) is 11.1 Å². The molecular weight excluding hydrogens is 388 g/mol. The van der Waals surface area contributed by atoms with Crippen molar-refractivity contribution in [2.75, 3.05) is 11.6 Å². The number of carbonyl (C=O) groups excluding carboxylic acids is 3. The Kier molecular flexibility index (Phi) is 4.91. The topological polar surface area (TPSA) is 57.7 Å². The number of hydrogen-bond donors (Lipinski definition) is 0. The molecule has 0 atom stereocenters. The number of imide groups is 1. The smallest absolute Gasteiger partial charge is 0.263 e. The van der Waals surface area contributed by atoms with Crippen molar-refractivity contribution in [2.24, 2.45) is 0 Å². The standard InChI is InChI=1S/C23H17ClN2O3/c1-15-6-12-18(13-7-15)25(21(27)16-8-10-17(24)11-9-16)14-26-22(28)19-4-2-3-5-20(19)23(26)29/h2-13H,14H2,1H3. The van der Waals surface area contributed by atoms with E-state index in [1.165, 1.54) is 4.90 Å². The fourth-order valence-corrected chi connectivity index (χ4v) is 3.37. The Morgan fingerprint density at radius 3 is 1.97 bits per heavy atom. The molecule has 29 heavy (non-hydrogen) atoms. The maximum absolute atomic E-state index is 13.2. The van der Waals surface area contributed by atoms with E-state index in [0.29, 0.717) is 27.4 Å². The second-order valence-electron chi connectivity index (χ2n) is 6.80. The number of benzene rings is 3. The van der Waals surface area contributed by atoms with Gasteiger partial charge >= 0.3 is 0 Å². The third-order valence-electron chi connectivity index (χ3n) is 4.84. The normalized spacial score (nSPS) is 12.8. The summed E-state index contributed by atoms with van der Waals surface area (Å²) in [5.74, 6) is -1.15. The van der Waals surface area contributed by atoms with Gasteiger partial charge in [0, 0.05) is 16.3 Å². The van der Waals surface area contributed by atoms with E-state index in [-0.39, 0.29) is 12.6 Å². The van der Waals surface area contributed by atoms with Crippen molar-refractivity contribution >= 4 is 35.0 Å². The summed E-state index contributed by atoms with van der Waals surface area (Å²) >= 11 is 5.94. The predicted molar refractivity (Wildman–Crippen MR) is 111 cm³/mol. The van der Waals surface area contributed by atoms with Gasteiger partial charge in [0.1, 0.15) is 6.67 Å². The van der Waals surface area contributed by atoms with Crippen molar-refractivity contribution in [1.29, 1.82) is 0 Å². The fraction of sp³-hybridized carbons (Fsp3) is 0.0870. The molecule has 0 spiro atoms. The van der Waals surface area contributed by atoms with Gasteiger partial charge in [-0.05, 0) is 55.5 Å². The van der Waals surface area contributed by atoms with Gasteiger partial charge < -0.3 is 0 Å². The van der Waals surface area contributed by atoms with Crippen molar-refractivity contribution in [3.63, 3.8) is 0 Å². The number of rotatable bonds is 4. The summed E-state index contributed by atoms with van der Waals surface area (Å²) in [5, 5.41) is 0.517. The van der Waals surface area contributed by atoms with Gasteiger partial charge in [-0.25, -0.2) is 0 Å². The van der Waals surface area contributed by atoms with Gasteiger partial charge in [0.25, 0.3) is 17.7 Å². The molecule has 3 aromatic rings. The van der Waals surface area contributed by atoms with E-state index in [1.54, 1.807) is 60.7 Å². The number of hydrogen-bond acceptors (Lipinski definition) is 3. The average molecular weight is 405 g/mol. The Labute approximate surface area is 173 Å². The summed E-state index contributed by atoms with van der Waals surface area (Å²) in [6.45, 7) is 1.76. The van der Waals surface area contributed by atoms with Crippen LogP contribution < -0.4 is 4.90 Å². The minimum atomic E-state index is -0.411. The molecule has 0 N–H and O–H groups in total. The molecule has 144 valence electrons. The van der Waals surface area contributed by atoms with Crippen LogP contribution in [-0.2, 0) is 0 Å². The zero-order chi connectivity index (χ0) is 20.5. The number of aryl methyl sites for hydroxylation is 1. The summed E-state index contributed by atoms with van der Waals surface area (Å²) in [6, 6.07) is 20.5. The highest BCUT2D eigenvalue weighted by Crippen LogP contribution is 2.26. The fourth-order valence-electron chi connectivity index (χ4n) is 3.25. The van der Waals surface area contributed by atoms with E-state index in [1.807, 2.05) is 19.1 Å². The third kappa shape index (κ3) is 3.52. The molecule has 0 aliphatic carbocycles. The highest BCUT2D eigenvalue weighted by Gasteiger charge is 2.37. The van der Waals surface area contributed by atoms with Gasteiger partial charge in [-0.3, -0.25) is 24.2 Å². The summed E-state index contributed by atoms with van der Waals surface area (Å²) in [5.41, 5.74) is 2.73. The molecule has 0 saturated heterocycles. The molecule has 4 rings (SSSR count). The number of halogens is 1. The van der Waals surface area contributed by atoms with Gasteiger partial charge in [0.15, 0.2) is 0 Å². The number of amides is 3. The largest absolute Gasteiger partial charge is 0.290 e. The van der Waals surface area contributed by atoms with Crippen molar-refractivity contribution in [3.8, 4) is 0 Å². The molecule has 0 aromatic heterocycles. The first kappa shape index (κ1) is 18.9. The SMILES string of the molecule is Cc1ccc(N(CN2C(=O)c3ccccc3C2=O)C(=O)c2ccc(Cl)cc2)cc1. The van der Waals surface area contributed by atoms with Crippen LogP contribution in [0.3, 0.4) is 0 Å². The quantitative estimate of drug-likeness (QED) is 0.599. The molecule has 5 nitrogen and oxygen atoms in total. The van der Waals surface area contributed by atoms with Gasteiger partial charge in [-0.1, -0.05) is 41.4 Å². The Morgan fingerprint density at radius 2 is 1.41 bits per heavy atom. The lowest BCUT2D eigenvalue weighted by molar-refractivity contribution is 0.0650. The molecule has 6 heteroatoms. The van der Waals surface area contributed by atoms with Crippen molar-refractivity contribution in [3.05, 3.63) is 100 Å². The number of nitrogens with zero attached hydrogens (tertiary/aromatic N) is 2. The summed E-state index contributed by atoms with van der Waals surface area (Å²) in [6.07, 6.45) is 0. The zero-order valence-corrected chi connectivity index (χ0v) is 16.4. The van der Waals surface area contributed by atoms with Crippen molar-refractivity contribution < 1.29 is 14.4 Å². The van der Waals surface area contributed by atoms with Gasteiger partial charge in [-0.15, -0.1) is 0 Å². The lowest BCUT2D eigenvalue weighted by Crippen LogP contribution is -2.44. The zero-order valence-electron chi connectivity index (χ0n) is 15.6.